The molecule has 0 heterocycles. The SMILES string of the molecule is CC(C)c1cccc(C(C)C)c1[C@H](C(N)=O)N(C(C)(O)O)C(C)(O)O. The van der Waals surface area contributed by atoms with Crippen molar-refractivity contribution in [2.24, 2.45) is 5.73 Å². The zero-order valence-corrected chi connectivity index (χ0v) is 15.7. The third-order valence-electron chi connectivity index (χ3n) is 4.13. The molecule has 0 spiro atoms. The van der Waals surface area contributed by atoms with Gasteiger partial charge in [0.15, 0.2) is 0 Å². The Kier molecular flexibility index (Phi) is 6.36. The van der Waals surface area contributed by atoms with Crippen molar-refractivity contribution in [1.29, 1.82) is 0 Å². The van der Waals surface area contributed by atoms with E-state index in [-0.39, 0.29) is 11.8 Å². The first kappa shape index (κ1) is 21.5. The molecule has 0 aliphatic rings. The molecule has 0 aliphatic heterocycles. The minimum atomic E-state index is -2.70. The maximum atomic E-state index is 12.3. The Morgan fingerprint density at radius 2 is 1.32 bits per heavy atom. The molecule has 7 nitrogen and oxygen atoms in total. The number of nitrogens with zero attached hydrogens (tertiary/aromatic N) is 1. The molecule has 1 rings (SSSR count). The van der Waals surface area contributed by atoms with Crippen molar-refractivity contribution in [3.05, 3.63) is 34.9 Å². The maximum absolute atomic E-state index is 12.3. The number of primary amides is 1. The van der Waals surface area contributed by atoms with Crippen LogP contribution in [0.1, 0.15) is 76.1 Å². The molecule has 7 heteroatoms. The third kappa shape index (κ3) is 4.77. The lowest BCUT2D eigenvalue weighted by molar-refractivity contribution is -0.380. The topological polar surface area (TPSA) is 127 Å². The molecule has 0 aliphatic carbocycles. The molecule has 1 aromatic rings. The number of hydrogen-bond acceptors (Lipinski definition) is 6. The number of benzene rings is 1. The summed E-state index contributed by atoms with van der Waals surface area (Å²) in [4.78, 5) is 12.8. The molecule has 0 radical (unpaired) electrons. The van der Waals surface area contributed by atoms with Crippen LogP contribution >= 0.6 is 0 Å². The smallest absolute Gasteiger partial charge is 0.239 e. The van der Waals surface area contributed by atoms with E-state index in [0.717, 1.165) is 25.0 Å². The highest BCUT2D eigenvalue weighted by molar-refractivity contribution is 5.82. The molecule has 142 valence electrons. The van der Waals surface area contributed by atoms with Crippen molar-refractivity contribution in [3.8, 4) is 0 Å². The number of rotatable bonds is 7. The molecule has 1 amide bonds. The third-order valence-corrected chi connectivity index (χ3v) is 4.13. The van der Waals surface area contributed by atoms with Crippen molar-refractivity contribution in [3.63, 3.8) is 0 Å². The number of amides is 1. The predicted octanol–water partition coefficient (Wildman–Crippen LogP) is 1.08. The van der Waals surface area contributed by atoms with Crippen LogP contribution in [0.25, 0.3) is 0 Å². The van der Waals surface area contributed by atoms with Gasteiger partial charge < -0.3 is 26.2 Å². The van der Waals surface area contributed by atoms with Gasteiger partial charge in [-0.05, 0) is 28.5 Å². The van der Waals surface area contributed by atoms with Crippen LogP contribution in [-0.2, 0) is 4.79 Å². The predicted molar refractivity (Wildman–Crippen MR) is 94.1 cm³/mol. The fraction of sp³-hybridized carbons (Fsp3) is 0.611. The Labute approximate surface area is 148 Å². The van der Waals surface area contributed by atoms with E-state index >= 15 is 0 Å². The van der Waals surface area contributed by atoms with Gasteiger partial charge in [-0.2, -0.15) is 4.90 Å². The van der Waals surface area contributed by atoms with Gasteiger partial charge >= 0.3 is 0 Å². The second kappa shape index (κ2) is 7.39. The van der Waals surface area contributed by atoms with Gasteiger partial charge in [0.1, 0.15) is 6.04 Å². The maximum Gasteiger partial charge on any atom is 0.239 e. The molecular weight excluding hydrogens is 324 g/mol. The summed E-state index contributed by atoms with van der Waals surface area (Å²) in [6, 6.07) is 4.04. The van der Waals surface area contributed by atoms with Crippen LogP contribution in [0.15, 0.2) is 18.2 Å². The quantitative estimate of drug-likeness (QED) is 0.466. The zero-order chi connectivity index (χ0) is 19.7. The average Bonchev–Trinajstić information content (AvgIpc) is 2.40. The van der Waals surface area contributed by atoms with Crippen molar-refractivity contribution in [1.82, 2.24) is 4.90 Å². The molecule has 1 atom stereocenters. The second-order valence-corrected chi connectivity index (χ2v) is 7.28. The Hall–Kier alpha value is -1.51. The van der Waals surface area contributed by atoms with Crippen LogP contribution in [0.5, 0.6) is 0 Å². The van der Waals surface area contributed by atoms with Crippen molar-refractivity contribution < 1.29 is 25.2 Å². The Morgan fingerprint density at radius 1 is 0.960 bits per heavy atom. The first-order valence-electron chi connectivity index (χ1n) is 8.30. The van der Waals surface area contributed by atoms with E-state index in [1.54, 1.807) is 0 Å². The summed E-state index contributed by atoms with van der Waals surface area (Å²) in [6.45, 7) is 9.61. The van der Waals surface area contributed by atoms with E-state index in [0.29, 0.717) is 10.5 Å². The molecule has 0 saturated carbocycles. The molecule has 0 unspecified atom stereocenters. The molecule has 0 fully saturated rings. The number of carbonyl (C=O) groups is 1. The summed E-state index contributed by atoms with van der Waals surface area (Å²) >= 11 is 0. The van der Waals surface area contributed by atoms with E-state index in [1.807, 2.05) is 45.9 Å². The first-order valence-corrected chi connectivity index (χ1v) is 8.30. The van der Waals surface area contributed by atoms with E-state index in [2.05, 4.69) is 0 Å². The number of hydrogen-bond donors (Lipinski definition) is 5. The molecule has 1 aromatic carbocycles. The van der Waals surface area contributed by atoms with Crippen molar-refractivity contribution in [2.75, 3.05) is 0 Å². The van der Waals surface area contributed by atoms with E-state index in [4.69, 9.17) is 5.73 Å². The van der Waals surface area contributed by atoms with Crippen LogP contribution in [0, 0.1) is 0 Å². The summed E-state index contributed by atoms with van der Waals surface area (Å²) in [5, 5.41) is 40.4. The fourth-order valence-electron chi connectivity index (χ4n) is 3.21. The largest absolute Gasteiger partial charge is 0.368 e. The lowest BCUT2D eigenvalue weighted by Gasteiger charge is -2.44. The van der Waals surface area contributed by atoms with Gasteiger partial charge in [0, 0.05) is 13.8 Å². The minimum absolute atomic E-state index is 0.00434. The van der Waals surface area contributed by atoms with Crippen LogP contribution in [0.3, 0.4) is 0 Å². The van der Waals surface area contributed by atoms with E-state index in [1.165, 1.54) is 0 Å². The molecular formula is C18H30N2O5. The van der Waals surface area contributed by atoms with E-state index in [9.17, 15) is 25.2 Å². The van der Waals surface area contributed by atoms with Gasteiger partial charge in [0.05, 0.1) is 0 Å². The minimum Gasteiger partial charge on any atom is -0.368 e. The standard InChI is InChI=1S/C18H30N2O5/c1-10(2)12-8-7-9-13(11(3)4)14(12)15(16(19)21)20(17(5,22)23)18(6,24)25/h7-11,15,22-25H,1-6H3,(H2,19,21)/t15-/m1/s1. The lowest BCUT2D eigenvalue weighted by atomic mass is 9.83. The van der Waals surface area contributed by atoms with Crippen molar-refractivity contribution in [2.45, 2.75) is 71.2 Å². The van der Waals surface area contributed by atoms with E-state index < -0.39 is 23.8 Å². The summed E-state index contributed by atoms with van der Waals surface area (Å²) in [5.41, 5.74) is 7.58. The van der Waals surface area contributed by atoms with Gasteiger partial charge in [0.25, 0.3) is 0 Å². The molecule has 6 N–H and O–H groups in total. The van der Waals surface area contributed by atoms with Gasteiger partial charge in [-0.25, -0.2) is 0 Å². The van der Waals surface area contributed by atoms with Crippen LogP contribution in [-0.4, -0.2) is 43.1 Å². The Morgan fingerprint density at radius 3 is 1.56 bits per heavy atom. The second-order valence-electron chi connectivity index (χ2n) is 7.28. The fourth-order valence-corrected chi connectivity index (χ4v) is 3.21. The summed E-state index contributed by atoms with van der Waals surface area (Å²) in [5.74, 6) is -6.31. The summed E-state index contributed by atoms with van der Waals surface area (Å²) < 4.78 is 0. The molecule has 0 aromatic heterocycles. The van der Waals surface area contributed by atoms with Gasteiger partial charge in [-0.3, -0.25) is 4.79 Å². The Balaban J connectivity index is 3.84. The van der Waals surface area contributed by atoms with Gasteiger partial charge in [-0.15, -0.1) is 0 Å². The molecule has 0 saturated heterocycles. The van der Waals surface area contributed by atoms with Crippen molar-refractivity contribution >= 4 is 5.91 Å². The number of aliphatic hydroxyl groups is 4. The lowest BCUT2D eigenvalue weighted by Crippen LogP contribution is -2.62. The highest BCUT2D eigenvalue weighted by Gasteiger charge is 2.48. The number of carbonyl (C=O) groups excluding carboxylic acids is 1. The normalized spacial score (nSPS) is 14.4. The highest BCUT2D eigenvalue weighted by atomic mass is 16.6. The van der Waals surface area contributed by atoms with Gasteiger partial charge in [0.2, 0.25) is 17.7 Å². The Bertz CT molecular complexity index is 575. The summed E-state index contributed by atoms with van der Waals surface area (Å²) in [7, 11) is 0. The van der Waals surface area contributed by atoms with Crippen LogP contribution in [0.2, 0.25) is 0 Å². The van der Waals surface area contributed by atoms with Gasteiger partial charge in [-0.1, -0.05) is 45.9 Å². The van der Waals surface area contributed by atoms with Crippen LogP contribution in [0.4, 0.5) is 0 Å². The molecule has 0 bridgehead atoms. The highest BCUT2D eigenvalue weighted by Crippen LogP contribution is 2.39. The first-order chi connectivity index (χ1) is 11.2. The average molecular weight is 354 g/mol. The summed E-state index contributed by atoms with van der Waals surface area (Å²) in [6.07, 6.45) is 0. The monoisotopic (exact) mass is 354 g/mol. The zero-order valence-electron chi connectivity index (χ0n) is 15.7. The molecule has 25 heavy (non-hydrogen) atoms. The van der Waals surface area contributed by atoms with Crippen LogP contribution < -0.4 is 5.73 Å². The number of nitrogens with two attached hydrogens (primary N) is 1.